The standard InChI is InChI=1S/C17H14F4N6O2S/c1-8(29-17(19,20)21)26-30-16-13-11(3-4-23-13)14(27(16)2)15(28)25-9-5-10(7-22)24-12(18)6-9/h3-6,8,23,26H,1-2H3,(H,24,25,28). The Hall–Kier alpha value is -3.08. The van der Waals surface area contributed by atoms with E-state index in [1.54, 1.807) is 25.4 Å². The highest BCUT2D eigenvalue weighted by molar-refractivity contribution is 7.97. The molecule has 0 radical (unpaired) electrons. The molecular formula is C17H14F4N6O2S. The number of aromatic nitrogens is 3. The Bertz CT molecular complexity index is 1130. The SMILES string of the molecule is CC(NSc1c2[nH]ccc2c(C(=O)Nc2cc(F)nc(C#N)c2)n1C)OC(F)(F)F. The highest BCUT2D eigenvalue weighted by Crippen LogP contribution is 2.32. The molecule has 3 N–H and O–H groups in total. The van der Waals surface area contributed by atoms with Crippen LogP contribution in [0.4, 0.5) is 23.2 Å². The van der Waals surface area contributed by atoms with E-state index in [-0.39, 0.29) is 17.1 Å². The molecule has 0 aromatic carbocycles. The zero-order valence-electron chi connectivity index (χ0n) is 15.5. The second-order valence-electron chi connectivity index (χ2n) is 6.03. The average molecular weight is 442 g/mol. The third-order valence-electron chi connectivity index (χ3n) is 3.87. The summed E-state index contributed by atoms with van der Waals surface area (Å²) in [5.74, 6) is -1.54. The molecule has 0 saturated heterocycles. The second kappa shape index (κ2) is 8.34. The van der Waals surface area contributed by atoms with Crippen molar-refractivity contribution < 1.29 is 27.1 Å². The summed E-state index contributed by atoms with van der Waals surface area (Å²) in [5, 5.41) is 12.3. The Morgan fingerprint density at radius 1 is 1.43 bits per heavy atom. The molecule has 1 atom stereocenters. The quantitative estimate of drug-likeness (QED) is 0.233. The van der Waals surface area contributed by atoms with Crippen molar-refractivity contribution in [3.63, 3.8) is 0 Å². The fraction of sp³-hybridized carbons (Fsp3) is 0.235. The Balaban J connectivity index is 1.86. The largest absolute Gasteiger partial charge is 0.524 e. The predicted molar refractivity (Wildman–Crippen MR) is 99.7 cm³/mol. The Morgan fingerprint density at radius 3 is 2.83 bits per heavy atom. The van der Waals surface area contributed by atoms with Crippen LogP contribution >= 0.6 is 11.9 Å². The number of hydrogen-bond acceptors (Lipinski definition) is 6. The monoisotopic (exact) mass is 442 g/mol. The third kappa shape index (κ3) is 4.73. The van der Waals surface area contributed by atoms with Gasteiger partial charge in [0.25, 0.3) is 5.91 Å². The number of pyridine rings is 1. The molecule has 1 unspecified atom stereocenters. The van der Waals surface area contributed by atoms with Crippen LogP contribution in [0.15, 0.2) is 29.4 Å². The van der Waals surface area contributed by atoms with E-state index in [1.165, 1.54) is 17.6 Å². The fourth-order valence-electron chi connectivity index (χ4n) is 2.77. The Labute approximate surface area is 171 Å². The van der Waals surface area contributed by atoms with Gasteiger partial charge in [-0.3, -0.25) is 9.53 Å². The molecule has 0 spiro atoms. The maximum absolute atomic E-state index is 13.5. The van der Waals surface area contributed by atoms with Gasteiger partial charge in [-0.25, -0.2) is 9.71 Å². The van der Waals surface area contributed by atoms with Crippen molar-refractivity contribution in [2.75, 3.05) is 5.32 Å². The lowest BCUT2D eigenvalue weighted by Crippen LogP contribution is -2.30. The average Bonchev–Trinajstić information content (AvgIpc) is 3.18. The number of H-pyrrole nitrogens is 1. The number of nitrogens with zero attached hydrogens (tertiary/aromatic N) is 3. The van der Waals surface area contributed by atoms with Gasteiger partial charge < -0.3 is 14.9 Å². The number of halogens is 4. The number of fused-ring (bicyclic) bond motifs is 1. The van der Waals surface area contributed by atoms with Crippen LogP contribution in [0.2, 0.25) is 0 Å². The number of aromatic amines is 1. The summed E-state index contributed by atoms with van der Waals surface area (Å²) >= 11 is 0.847. The molecule has 30 heavy (non-hydrogen) atoms. The summed E-state index contributed by atoms with van der Waals surface area (Å²) in [7, 11) is 1.55. The summed E-state index contributed by atoms with van der Waals surface area (Å²) in [5.41, 5.74) is 0.519. The molecule has 13 heteroatoms. The van der Waals surface area contributed by atoms with Gasteiger partial charge in [0.2, 0.25) is 5.95 Å². The Kier molecular flexibility index (Phi) is 6.01. The molecule has 0 fully saturated rings. The molecule has 3 aromatic heterocycles. The van der Waals surface area contributed by atoms with Crippen molar-refractivity contribution in [1.29, 1.82) is 5.26 Å². The van der Waals surface area contributed by atoms with Crippen LogP contribution in [0, 0.1) is 17.3 Å². The second-order valence-corrected chi connectivity index (χ2v) is 6.86. The van der Waals surface area contributed by atoms with Crippen LogP contribution in [0.3, 0.4) is 0 Å². The number of ether oxygens (including phenoxy) is 1. The van der Waals surface area contributed by atoms with Crippen molar-refractivity contribution in [3.8, 4) is 6.07 Å². The summed E-state index contributed by atoms with van der Waals surface area (Å²) in [6.45, 7) is 1.19. The number of anilines is 1. The van der Waals surface area contributed by atoms with E-state index >= 15 is 0 Å². The minimum absolute atomic E-state index is 0.0356. The van der Waals surface area contributed by atoms with Gasteiger partial charge in [-0.15, -0.1) is 13.2 Å². The topological polar surface area (TPSA) is 108 Å². The maximum atomic E-state index is 13.5. The van der Waals surface area contributed by atoms with Crippen molar-refractivity contribution in [1.82, 2.24) is 19.3 Å². The van der Waals surface area contributed by atoms with Gasteiger partial charge in [0.15, 0.2) is 0 Å². The number of carbonyl (C=O) groups excluding carboxylic acids is 1. The van der Waals surface area contributed by atoms with Crippen LogP contribution in [0.5, 0.6) is 0 Å². The summed E-state index contributed by atoms with van der Waals surface area (Å²) in [6.07, 6.45) is -4.58. The molecule has 3 aromatic rings. The van der Waals surface area contributed by atoms with E-state index < -0.39 is 24.4 Å². The molecule has 8 nitrogen and oxygen atoms in total. The van der Waals surface area contributed by atoms with Gasteiger partial charge >= 0.3 is 6.36 Å². The number of alkyl halides is 3. The third-order valence-corrected chi connectivity index (χ3v) is 4.99. The van der Waals surface area contributed by atoms with Crippen molar-refractivity contribution in [2.45, 2.75) is 24.5 Å². The van der Waals surface area contributed by atoms with E-state index in [0.29, 0.717) is 15.9 Å². The van der Waals surface area contributed by atoms with Crippen LogP contribution in [-0.2, 0) is 11.8 Å². The molecule has 0 aliphatic heterocycles. The number of hydrogen-bond donors (Lipinski definition) is 3. The van der Waals surface area contributed by atoms with Crippen LogP contribution in [0.1, 0.15) is 23.1 Å². The summed E-state index contributed by atoms with van der Waals surface area (Å²) < 4.78 is 58.3. The molecule has 0 saturated carbocycles. The first kappa shape index (κ1) is 21.6. The van der Waals surface area contributed by atoms with Gasteiger partial charge in [0, 0.05) is 30.4 Å². The van der Waals surface area contributed by atoms with Crippen molar-refractivity contribution >= 4 is 34.4 Å². The lowest BCUT2D eigenvalue weighted by Gasteiger charge is -2.16. The lowest BCUT2D eigenvalue weighted by molar-refractivity contribution is -0.341. The molecular weight excluding hydrogens is 428 g/mol. The molecule has 0 aliphatic rings. The zero-order valence-corrected chi connectivity index (χ0v) is 16.3. The first-order valence-corrected chi connectivity index (χ1v) is 9.12. The van der Waals surface area contributed by atoms with Crippen LogP contribution in [-0.4, -0.2) is 33.0 Å². The van der Waals surface area contributed by atoms with Crippen LogP contribution in [0.25, 0.3) is 10.9 Å². The number of rotatable bonds is 6. The minimum Gasteiger partial charge on any atom is -0.359 e. The smallest absolute Gasteiger partial charge is 0.359 e. The van der Waals surface area contributed by atoms with Gasteiger partial charge in [0.05, 0.1) is 5.52 Å². The maximum Gasteiger partial charge on any atom is 0.524 e. The zero-order chi connectivity index (χ0) is 22.1. The minimum atomic E-state index is -4.80. The molecule has 1 amide bonds. The lowest BCUT2D eigenvalue weighted by atomic mass is 10.2. The highest BCUT2D eigenvalue weighted by Gasteiger charge is 2.32. The van der Waals surface area contributed by atoms with Gasteiger partial charge in [-0.2, -0.15) is 9.65 Å². The molecule has 0 aliphatic carbocycles. The van der Waals surface area contributed by atoms with E-state index in [2.05, 4.69) is 24.7 Å². The van der Waals surface area contributed by atoms with Gasteiger partial charge in [-0.05, 0) is 31.0 Å². The van der Waals surface area contributed by atoms with Crippen LogP contribution < -0.4 is 10.0 Å². The van der Waals surface area contributed by atoms with E-state index in [1.807, 2.05) is 0 Å². The van der Waals surface area contributed by atoms with Crippen molar-refractivity contribution in [2.24, 2.45) is 7.05 Å². The van der Waals surface area contributed by atoms with Gasteiger partial charge in [-0.1, -0.05) is 0 Å². The van der Waals surface area contributed by atoms with E-state index in [0.717, 1.165) is 18.0 Å². The summed E-state index contributed by atoms with van der Waals surface area (Å²) in [4.78, 5) is 19.1. The predicted octanol–water partition coefficient (Wildman–Crippen LogP) is 3.64. The molecule has 3 heterocycles. The van der Waals surface area contributed by atoms with Crippen molar-refractivity contribution in [3.05, 3.63) is 41.7 Å². The molecule has 0 bridgehead atoms. The first-order valence-electron chi connectivity index (χ1n) is 8.30. The van der Waals surface area contributed by atoms with Gasteiger partial charge in [0.1, 0.15) is 28.7 Å². The van der Waals surface area contributed by atoms with E-state index in [4.69, 9.17) is 5.26 Å². The molecule has 3 rings (SSSR count). The number of amides is 1. The number of carbonyl (C=O) groups is 1. The normalized spacial score (nSPS) is 12.7. The molecule has 158 valence electrons. The Morgan fingerprint density at radius 2 is 2.17 bits per heavy atom. The highest BCUT2D eigenvalue weighted by atomic mass is 32.2. The van der Waals surface area contributed by atoms with E-state index in [9.17, 15) is 22.4 Å². The fourth-order valence-corrected chi connectivity index (χ4v) is 3.59. The number of nitrogens with one attached hydrogen (secondary N) is 3. The first-order chi connectivity index (χ1) is 14.1. The summed E-state index contributed by atoms with van der Waals surface area (Å²) in [6, 6.07) is 5.49. The number of nitriles is 1.